The number of anilines is 1. The lowest BCUT2D eigenvalue weighted by Gasteiger charge is -2.13. The molecule has 0 saturated carbocycles. The summed E-state index contributed by atoms with van der Waals surface area (Å²) in [6, 6.07) is 7.16. The molecule has 1 aromatic rings. The molecule has 1 heterocycles. The standard InChI is InChI=1S/C20H28N4O3.HI/c1-3-16-6-4-7-18(12-16)24-19(25)13-23-20(21-2)22-9-5-10-26-14-17-8-11-27-15-17;/h1,4,6-7,12,17H,5,8-11,13-15H2,2H3,(H,24,25)(H2,21,22,23);1H. The maximum atomic E-state index is 12.0. The van der Waals surface area contributed by atoms with Crippen LogP contribution in [0.1, 0.15) is 18.4 Å². The summed E-state index contributed by atoms with van der Waals surface area (Å²) in [4.78, 5) is 16.1. The van der Waals surface area contributed by atoms with Crippen molar-refractivity contribution in [2.45, 2.75) is 12.8 Å². The van der Waals surface area contributed by atoms with Gasteiger partial charge in [-0.25, -0.2) is 0 Å². The van der Waals surface area contributed by atoms with Crippen LogP contribution in [-0.2, 0) is 14.3 Å². The lowest BCUT2D eigenvalue weighted by molar-refractivity contribution is -0.115. The molecule has 1 aromatic carbocycles. The van der Waals surface area contributed by atoms with Crippen molar-refractivity contribution in [1.29, 1.82) is 0 Å². The Bertz CT molecular complexity index is 670. The molecule has 154 valence electrons. The van der Waals surface area contributed by atoms with Crippen LogP contribution < -0.4 is 16.0 Å². The Morgan fingerprint density at radius 2 is 2.29 bits per heavy atom. The van der Waals surface area contributed by atoms with Gasteiger partial charge in [0.05, 0.1) is 19.8 Å². The molecule has 28 heavy (non-hydrogen) atoms. The van der Waals surface area contributed by atoms with Crippen molar-refractivity contribution < 1.29 is 14.3 Å². The van der Waals surface area contributed by atoms with Crippen molar-refractivity contribution in [2.24, 2.45) is 10.9 Å². The summed E-state index contributed by atoms with van der Waals surface area (Å²) in [5, 5.41) is 8.94. The number of hydrogen-bond donors (Lipinski definition) is 3. The molecule has 3 N–H and O–H groups in total. The number of nitrogens with zero attached hydrogens (tertiary/aromatic N) is 1. The summed E-state index contributed by atoms with van der Waals surface area (Å²) in [5.74, 6) is 3.48. The van der Waals surface area contributed by atoms with E-state index in [1.165, 1.54) is 0 Å². The zero-order valence-corrected chi connectivity index (χ0v) is 18.5. The van der Waals surface area contributed by atoms with Gasteiger partial charge < -0.3 is 25.4 Å². The zero-order chi connectivity index (χ0) is 19.3. The lowest BCUT2D eigenvalue weighted by Crippen LogP contribution is -2.41. The van der Waals surface area contributed by atoms with Crippen LogP contribution in [0, 0.1) is 18.3 Å². The Labute approximate surface area is 184 Å². The number of rotatable bonds is 9. The molecule has 0 bridgehead atoms. The Kier molecular flexibility index (Phi) is 12.3. The molecule has 8 heteroatoms. The third kappa shape index (κ3) is 9.39. The number of halogens is 1. The number of aliphatic imine (C=N–C) groups is 1. The number of benzene rings is 1. The van der Waals surface area contributed by atoms with E-state index in [0.717, 1.165) is 38.2 Å². The van der Waals surface area contributed by atoms with Crippen LogP contribution in [0.2, 0.25) is 0 Å². The molecule has 0 radical (unpaired) electrons. The molecule has 1 amide bonds. The Hall–Kier alpha value is -1.83. The first-order valence-corrected chi connectivity index (χ1v) is 9.18. The fourth-order valence-corrected chi connectivity index (χ4v) is 2.62. The number of hydrogen-bond acceptors (Lipinski definition) is 4. The van der Waals surface area contributed by atoms with E-state index in [0.29, 0.717) is 30.7 Å². The van der Waals surface area contributed by atoms with Crippen molar-refractivity contribution in [3.63, 3.8) is 0 Å². The molecule has 7 nitrogen and oxygen atoms in total. The van der Waals surface area contributed by atoms with E-state index in [1.807, 2.05) is 6.07 Å². The molecule has 1 aliphatic rings. The van der Waals surface area contributed by atoms with Gasteiger partial charge >= 0.3 is 0 Å². The number of amides is 1. The molecule has 0 spiro atoms. The monoisotopic (exact) mass is 500 g/mol. The van der Waals surface area contributed by atoms with E-state index in [9.17, 15) is 4.79 Å². The van der Waals surface area contributed by atoms with E-state index >= 15 is 0 Å². The second kappa shape index (κ2) is 14.2. The Morgan fingerprint density at radius 1 is 1.43 bits per heavy atom. The van der Waals surface area contributed by atoms with Crippen LogP contribution in [0.4, 0.5) is 5.69 Å². The smallest absolute Gasteiger partial charge is 0.243 e. The second-order valence-corrected chi connectivity index (χ2v) is 6.28. The van der Waals surface area contributed by atoms with Crippen molar-refractivity contribution >= 4 is 41.5 Å². The van der Waals surface area contributed by atoms with Crippen LogP contribution in [0.25, 0.3) is 0 Å². The van der Waals surface area contributed by atoms with Gasteiger partial charge in [0.1, 0.15) is 0 Å². The van der Waals surface area contributed by atoms with Crippen LogP contribution in [0.5, 0.6) is 0 Å². The first kappa shape index (κ1) is 24.2. The molecule has 0 aromatic heterocycles. The zero-order valence-electron chi connectivity index (χ0n) is 16.2. The number of guanidine groups is 1. The first-order chi connectivity index (χ1) is 13.2. The van der Waals surface area contributed by atoms with Crippen molar-refractivity contribution in [3.8, 4) is 12.3 Å². The molecular formula is C20H29IN4O3. The van der Waals surface area contributed by atoms with Gasteiger partial charge in [-0.15, -0.1) is 30.4 Å². The van der Waals surface area contributed by atoms with E-state index in [2.05, 4.69) is 26.9 Å². The summed E-state index contributed by atoms with van der Waals surface area (Å²) >= 11 is 0. The topological polar surface area (TPSA) is 84.0 Å². The molecule has 1 atom stereocenters. The summed E-state index contributed by atoms with van der Waals surface area (Å²) < 4.78 is 11.0. The Morgan fingerprint density at radius 3 is 3.00 bits per heavy atom. The summed E-state index contributed by atoms with van der Waals surface area (Å²) in [6.07, 6.45) is 7.31. The van der Waals surface area contributed by atoms with Crippen LogP contribution in [0.15, 0.2) is 29.3 Å². The highest BCUT2D eigenvalue weighted by molar-refractivity contribution is 14.0. The first-order valence-electron chi connectivity index (χ1n) is 9.18. The quantitative estimate of drug-likeness (QED) is 0.159. The summed E-state index contributed by atoms with van der Waals surface area (Å²) in [7, 11) is 1.67. The van der Waals surface area contributed by atoms with Gasteiger partial charge in [-0.1, -0.05) is 12.0 Å². The fraction of sp³-hybridized carbons (Fsp3) is 0.500. The largest absolute Gasteiger partial charge is 0.381 e. The molecule has 1 saturated heterocycles. The average molecular weight is 500 g/mol. The minimum absolute atomic E-state index is 0. The normalized spacial score (nSPS) is 16.0. The molecule has 0 aliphatic carbocycles. The predicted octanol–water partition coefficient (Wildman–Crippen LogP) is 1.83. The summed E-state index contributed by atoms with van der Waals surface area (Å²) in [6.45, 7) is 3.93. The average Bonchev–Trinajstić information content (AvgIpc) is 3.20. The summed E-state index contributed by atoms with van der Waals surface area (Å²) in [5.41, 5.74) is 1.39. The molecule has 1 unspecified atom stereocenters. The number of carbonyl (C=O) groups excluding carboxylic acids is 1. The maximum absolute atomic E-state index is 12.0. The minimum atomic E-state index is -0.172. The highest BCUT2D eigenvalue weighted by Crippen LogP contribution is 2.12. The third-order valence-electron chi connectivity index (χ3n) is 4.09. The van der Waals surface area contributed by atoms with Crippen molar-refractivity contribution in [2.75, 3.05) is 51.9 Å². The predicted molar refractivity (Wildman–Crippen MR) is 122 cm³/mol. The van der Waals surface area contributed by atoms with Crippen LogP contribution >= 0.6 is 24.0 Å². The highest BCUT2D eigenvalue weighted by Gasteiger charge is 2.15. The van der Waals surface area contributed by atoms with E-state index in [4.69, 9.17) is 15.9 Å². The third-order valence-corrected chi connectivity index (χ3v) is 4.09. The van der Waals surface area contributed by atoms with Crippen LogP contribution in [0.3, 0.4) is 0 Å². The Balaban J connectivity index is 0.00000392. The second-order valence-electron chi connectivity index (χ2n) is 6.28. The van der Waals surface area contributed by atoms with Crippen LogP contribution in [-0.4, -0.2) is 58.4 Å². The van der Waals surface area contributed by atoms with Gasteiger partial charge in [-0.3, -0.25) is 9.79 Å². The van der Waals surface area contributed by atoms with Crippen molar-refractivity contribution in [3.05, 3.63) is 29.8 Å². The van der Waals surface area contributed by atoms with Crippen molar-refractivity contribution in [1.82, 2.24) is 10.6 Å². The number of terminal acetylenes is 1. The van der Waals surface area contributed by atoms with E-state index in [-0.39, 0.29) is 36.4 Å². The van der Waals surface area contributed by atoms with E-state index in [1.54, 1.807) is 25.2 Å². The highest BCUT2D eigenvalue weighted by atomic mass is 127. The molecular weight excluding hydrogens is 471 g/mol. The van der Waals surface area contributed by atoms with Gasteiger partial charge in [0.15, 0.2) is 5.96 Å². The number of carbonyl (C=O) groups is 1. The van der Waals surface area contributed by atoms with Gasteiger partial charge in [0.25, 0.3) is 0 Å². The van der Waals surface area contributed by atoms with Gasteiger partial charge in [-0.05, 0) is 31.0 Å². The fourth-order valence-electron chi connectivity index (χ4n) is 2.62. The SMILES string of the molecule is C#Cc1cccc(NC(=O)CNC(=NC)NCCCOCC2CCOC2)c1.I. The number of nitrogens with one attached hydrogen (secondary N) is 3. The van der Waals surface area contributed by atoms with Gasteiger partial charge in [0, 0.05) is 44.0 Å². The molecule has 1 fully saturated rings. The van der Waals surface area contributed by atoms with Gasteiger partial charge in [0.2, 0.25) is 5.91 Å². The molecule has 2 rings (SSSR count). The number of ether oxygens (including phenoxy) is 2. The minimum Gasteiger partial charge on any atom is -0.381 e. The van der Waals surface area contributed by atoms with Gasteiger partial charge in [-0.2, -0.15) is 0 Å². The lowest BCUT2D eigenvalue weighted by atomic mass is 10.1. The molecule has 1 aliphatic heterocycles. The maximum Gasteiger partial charge on any atom is 0.243 e. The van der Waals surface area contributed by atoms with E-state index < -0.39 is 0 Å².